The lowest BCUT2D eigenvalue weighted by atomic mass is 10.4. The molecule has 0 amide bonds. The molecule has 2 aliphatic heterocycles. The predicted molar refractivity (Wildman–Crippen MR) is 40.1 cm³/mol. The van der Waals surface area contributed by atoms with E-state index in [0.717, 1.165) is 18.1 Å². The van der Waals surface area contributed by atoms with E-state index in [1.54, 1.807) is 6.33 Å². The van der Waals surface area contributed by atoms with Gasteiger partial charge in [-0.2, -0.15) is 0 Å². The quantitative estimate of drug-likeness (QED) is 0.600. The van der Waals surface area contributed by atoms with E-state index in [2.05, 4.69) is 21.9 Å². The van der Waals surface area contributed by atoms with E-state index in [0.29, 0.717) is 0 Å². The molecule has 0 aromatic rings. The van der Waals surface area contributed by atoms with Crippen molar-refractivity contribution >= 4 is 0 Å². The van der Waals surface area contributed by atoms with Crippen LogP contribution in [0.4, 0.5) is 0 Å². The van der Waals surface area contributed by atoms with Crippen molar-refractivity contribution in [3.63, 3.8) is 0 Å². The number of fused-ring (bicyclic) bond motifs is 1. The van der Waals surface area contributed by atoms with Gasteiger partial charge in [0.05, 0.1) is 6.33 Å². The fourth-order valence-corrected chi connectivity index (χ4v) is 0.952. The molecular weight excluding hydrogens is 140 g/mol. The van der Waals surface area contributed by atoms with Crippen LogP contribution < -0.4 is 0 Å². The molecule has 2 aliphatic rings. The fourth-order valence-electron chi connectivity index (χ4n) is 0.952. The van der Waals surface area contributed by atoms with Gasteiger partial charge in [-0.05, 0) is 6.92 Å². The van der Waals surface area contributed by atoms with E-state index in [4.69, 9.17) is 0 Å². The van der Waals surface area contributed by atoms with Crippen LogP contribution in [0, 0.1) is 0 Å². The molecule has 0 bridgehead atoms. The van der Waals surface area contributed by atoms with Crippen LogP contribution in [0.1, 0.15) is 6.92 Å². The predicted octanol–water partition coefficient (Wildman–Crippen LogP) is 0.798. The summed E-state index contributed by atoms with van der Waals surface area (Å²) in [5.41, 5.74) is 0.856. The lowest BCUT2D eigenvalue weighted by Gasteiger charge is -2.01. The Kier molecular flexibility index (Phi) is 1.31. The summed E-state index contributed by atoms with van der Waals surface area (Å²) in [5, 5.41) is 0. The van der Waals surface area contributed by atoms with E-state index >= 15 is 0 Å². The number of nitrogens with zero attached hydrogens (tertiary/aromatic N) is 4. The van der Waals surface area contributed by atoms with Crippen molar-refractivity contribution in [3.8, 4) is 11.5 Å². The van der Waals surface area contributed by atoms with Crippen molar-refractivity contribution in [1.82, 2.24) is 19.5 Å². The minimum absolute atomic E-state index is 0.717. The summed E-state index contributed by atoms with van der Waals surface area (Å²) in [7, 11) is 0. The smallest absolute Gasteiger partial charge is 0.182 e. The van der Waals surface area contributed by atoms with Gasteiger partial charge < -0.3 is 4.57 Å². The van der Waals surface area contributed by atoms with Crippen LogP contribution in [0.25, 0.3) is 11.5 Å². The summed E-state index contributed by atoms with van der Waals surface area (Å²) < 4.78 is 1.97. The third kappa shape index (κ3) is 0.960. The Bertz CT molecular complexity index is 327. The lowest BCUT2D eigenvalue weighted by molar-refractivity contribution is 0.732. The van der Waals surface area contributed by atoms with Gasteiger partial charge in [0, 0.05) is 12.7 Å². The summed E-state index contributed by atoms with van der Waals surface area (Å²) in [5.74, 6) is 0.717. The highest BCUT2D eigenvalue weighted by Crippen LogP contribution is 2.10. The zero-order valence-electron chi connectivity index (χ0n) is 6.23. The maximum Gasteiger partial charge on any atom is 0.182 e. The number of aromatic nitrogens is 4. The molecule has 0 radical (unpaired) electrons. The minimum atomic E-state index is 0.717. The van der Waals surface area contributed by atoms with E-state index in [9.17, 15) is 0 Å². The Hall–Kier alpha value is -1.45. The first kappa shape index (κ1) is 6.27. The van der Waals surface area contributed by atoms with Gasteiger partial charge in [-0.3, -0.25) is 0 Å². The summed E-state index contributed by atoms with van der Waals surface area (Å²) in [4.78, 5) is 12.1. The molecule has 0 aromatic heterocycles. The Morgan fingerprint density at radius 3 is 3.09 bits per heavy atom. The highest BCUT2D eigenvalue weighted by molar-refractivity contribution is 5.47. The van der Waals surface area contributed by atoms with Crippen molar-refractivity contribution < 1.29 is 0 Å². The van der Waals surface area contributed by atoms with Crippen molar-refractivity contribution in [2.24, 2.45) is 0 Å². The highest BCUT2D eigenvalue weighted by Gasteiger charge is 2.04. The largest absolute Gasteiger partial charge is 0.337 e. The normalized spacial score (nSPS) is 10.6. The van der Waals surface area contributed by atoms with Crippen molar-refractivity contribution in [3.05, 3.63) is 18.9 Å². The Morgan fingerprint density at radius 2 is 2.27 bits per heavy atom. The third-order valence-electron chi connectivity index (χ3n) is 1.59. The van der Waals surface area contributed by atoms with Gasteiger partial charge in [0.25, 0.3) is 0 Å². The molecule has 2 rings (SSSR count). The average molecular weight is 148 g/mol. The van der Waals surface area contributed by atoms with E-state index in [1.807, 2.05) is 10.8 Å². The number of aryl methyl sites for hydroxylation is 1. The molecule has 4 nitrogen and oxygen atoms in total. The standard InChI is InChI=1S/C7H8N4/c1-2-11-3-6-7(10-5-11)9-4-8-6/h3-5H,2H2,1H3. The fraction of sp³-hybridized carbons (Fsp3) is 0.286. The second-order valence-corrected chi connectivity index (χ2v) is 2.29. The second-order valence-electron chi connectivity index (χ2n) is 2.29. The first-order chi connectivity index (χ1) is 5.40. The number of hydrogen-bond donors (Lipinski definition) is 0. The molecule has 0 fully saturated rings. The van der Waals surface area contributed by atoms with Gasteiger partial charge in [-0.1, -0.05) is 0 Å². The monoisotopic (exact) mass is 148 g/mol. The molecule has 0 unspecified atom stereocenters. The highest BCUT2D eigenvalue weighted by atomic mass is 15.1. The molecule has 4 heteroatoms. The van der Waals surface area contributed by atoms with Gasteiger partial charge in [-0.25, -0.2) is 15.0 Å². The van der Waals surface area contributed by atoms with Crippen LogP contribution in [0.5, 0.6) is 0 Å². The topological polar surface area (TPSA) is 43.6 Å². The van der Waals surface area contributed by atoms with E-state index < -0.39 is 0 Å². The van der Waals surface area contributed by atoms with Crippen LogP contribution in [0.3, 0.4) is 0 Å². The molecule has 0 saturated carbocycles. The number of imidazole rings is 1. The second kappa shape index (κ2) is 2.30. The first-order valence-corrected chi connectivity index (χ1v) is 3.52. The molecule has 0 atom stereocenters. The summed E-state index contributed by atoms with van der Waals surface area (Å²) in [6, 6.07) is 0. The van der Waals surface area contributed by atoms with Crippen molar-refractivity contribution in [2.45, 2.75) is 13.5 Å². The summed E-state index contributed by atoms with van der Waals surface area (Å²) >= 11 is 0. The molecule has 2 heterocycles. The molecule has 0 aliphatic carbocycles. The van der Waals surface area contributed by atoms with Crippen LogP contribution in [0.2, 0.25) is 0 Å². The number of hydrogen-bond acceptors (Lipinski definition) is 3. The van der Waals surface area contributed by atoms with Crippen LogP contribution in [0.15, 0.2) is 18.9 Å². The summed E-state index contributed by atoms with van der Waals surface area (Å²) in [6.45, 7) is 2.97. The van der Waals surface area contributed by atoms with Gasteiger partial charge in [-0.15, -0.1) is 0 Å². The van der Waals surface area contributed by atoms with Gasteiger partial charge in [0.1, 0.15) is 12.0 Å². The molecular formula is C7H8N4. The average Bonchev–Trinajstić information content (AvgIpc) is 2.50. The molecule has 0 saturated heterocycles. The molecule has 11 heavy (non-hydrogen) atoms. The third-order valence-corrected chi connectivity index (χ3v) is 1.59. The van der Waals surface area contributed by atoms with Crippen LogP contribution in [-0.4, -0.2) is 19.5 Å². The zero-order valence-corrected chi connectivity index (χ0v) is 6.23. The van der Waals surface area contributed by atoms with Gasteiger partial charge in [0.2, 0.25) is 0 Å². The van der Waals surface area contributed by atoms with Gasteiger partial charge in [0.15, 0.2) is 5.82 Å². The maximum absolute atomic E-state index is 4.10. The Morgan fingerprint density at radius 1 is 1.36 bits per heavy atom. The molecule has 0 spiro atoms. The van der Waals surface area contributed by atoms with Crippen molar-refractivity contribution in [1.29, 1.82) is 0 Å². The van der Waals surface area contributed by atoms with E-state index in [-0.39, 0.29) is 0 Å². The molecule has 0 aromatic carbocycles. The number of rotatable bonds is 1. The Balaban J connectivity index is 2.59. The minimum Gasteiger partial charge on any atom is -0.337 e. The lowest BCUT2D eigenvalue weighted by Crippen LogP contribution is -1.98. The zero-order chi connectivity index (χ0) is 7.68. The van der Waals surface area contributed by atoms with Crippen LogP contribution >= 0.6 is 0 Å². The summed E-state index contributed by atoms with van der Waals surface area (Å²) in [6.07, 6.45) is 5.23. The molecule has 56 valence electrons. The first-order valence-electron chi connectivity index (χ1n) is 3.52. The van der Waals surface area contributed by atoms with Gasteiger partial charge >= 0.3 is 0 Å². The van der Waals surface area contributed by atoms with E-state index in [1.165, 1.54) is 6.33 Å². The van der Waals surface area contributed by atoms with Crippen LogP contribution in [-0.2, 0) is 6.54 Å². The molecule has 0 N–H and O–H groups in total. The Labute approximate surface area is 64.3 Å². The maximum atomic E-state index is 4.10. The SMILES string of the molecule is CCn1cnc2ncnc-2c1. The van der Waals surface area contributed by atoms with Crippen molar-refractivity contribution in [2.75, 3.05) is 0 Å².